The van der Waals surface area contributed by atoms with Crippen molar-refractivity contribution >= 4 is 11.6 Å². The van der Waals surface area contributed by atoms with Crippen molar-refractivity contribution in [3.63, 3.8) is 0 Å². The highest BCUT2D eigenvalue weighted by molar-refractivity contribution is 5.92. The van der Waals surface area contributed by atoms with Gasteiger partial charge in [0.05, 0.1) is 0 Å². The van der Waals surface area contributed by atoms with Gasteiger partial charge in [0.1, 0.15) is 0 Å². The van der Waals surface area contributed by atoms with Gasteiger partial charge >= 0.3 is 0 Å². The second kappa shape index (κ2) is 4.27. The van der Waals surface area contributed by atoms with Gasteiger partial charge in [-0.1, -0.05) is 12.1 Å². The van der Waals surface area contributed by atoms with Crippen LogP contribution >= 0.6 is 0 Å². The Morgan fingerprint density at radius 1 is 1.36 bits per heavy atom. The topological polar surface area (TPSA) is 20.3 Å². The van der Waals surface area contributed by atoms with E-state index in [0.29, 0.717) is 0 Å². The molecular formula is C12H17NO. The zero-order chi connectivity index (χ0) is 10.7. The zero-order valence-corrected chi connectivity index (χ0v) is 9.29. The highest BCUT2D eigenvalue weighted by atomic mass is 16.2. The zero-order valence-electron chi connectivity index (χ0n) is 9.29. The van der Waals surface area contributed by atoms with E-state index in [9.17, 15) is 4.79 Å². The van der Waals surface area contributed by atoms with Crippen molar-refractivity contribution in [2.45, 2.75) is 27.7 Å². The van der Waals surface area contributed by atoms with E-state index in [1.54, 1.807) is 11.8 Å². The first-order valence-corrected chi connectivity index (χ1v) is 4.91. The monoisotopic (exact) mass is 191 g/mol. The molecule has 0 aromatic heterocycles. The Bertz CT molecular complexity index is 344. The average molecular weight is 191 g/mol. The first kappa shape index (κ1) is 10.8. The SMILES string of the molecule is CCN(C(C)=O)c1cc(C)ccc1C. The third-order valence-corrected chi connectivity index (χ3v) is 2.35. The number of rotatable bonds is 2. The average Bonchev–Trinajstić information content (AvgIpc) is 2.11. The van der Waals surface area contributed by atoms with E-state index in [-0.39, 0.29) is 5.91 Å². The second-order valence-corrected chi connectivity index (χ2v) is 3.55. The first-order valence-electron chi connectivity index (χ1n) is 4.91. The molecule has 76 valence electrons. The fourth-order valence-corrected chi connectivity index (χ4v) is 1.57. The molecule has 0 radical (unpaired) electrons. The van der Waals surface area contributed by atoms with Crippen LogP contribution in [0.2, 0.25) is 0 Å². The van der Waals surface area contributed by atoms with Crippen LogP contribution in [0, 0.1) is 13.8 Å². The molecule has 2 heteroatoms. The van der Waals surface area contributed by atoms with Gasteiger partial charge in [-0.15, -0.1) is 0 Å². The van der Waals surface area contributed by atoms with Crippen LogP contribution in [0.25, 0.3) is 0 Å². The Balaban J connectivity index is 3.15. The Morgan fingerprint density at radius 3 is 2.50 bits per heavy atom. The van der Waals surface area contributed by atoms with E-state index in [1.807, 2.05) is 20.8 Å². The van der Waals surface area contributed by atoms with Crippen LogP contribution in [0.4, 0.5) is 5.69 Å². The molecule has 0 saturated heterocycles. The highest BCUT2D eigenvalue weighted by Gasteiger charge is 2.10. The molecule has 1 amide bonds. The van der Waals surface area contributed by atoms with E-state index in [2.05, 4.69) is 18.2 Å². The van der Waals surface area contributed by atoms with Crippen LogP contribution in [0.3, 0.4) is 0 Å². The maximum Gasteiger partial charge on any atom is 0.223 e. The summed E-state index contributed by atoms with van der Waals surface area (Å²) in [6, 6.07) is 6.17. The maximum absolute atomic E-state index is 11.4. The number of nitrogens with zero attached hydrogens (tertiary/aromatic N) is 1. The lowest BCUT2D eigenvalue weighted by Crippen LogP contribution is -2.28. The Labute approximate surface area is 85.5 Å². The van der Waals surface area contributed by atoms with Crippen LogP contribution in [0.5, 0.6) is 0 Å². The molecule has 0 fully saturated rings. The first-order chi connectivity index (χ1) is 6.56. The molecule has 0 aliphatic carbocycles. The minimum absolute atomic E-state index is 0.0983. The molecule has 0 spiro atoms. The summed E-state index contributed by atoms with van der Waals surface area (Å²) < 4.78 is 0. The quantitative estimate of drug-likeness (QED) is 0.703. The summed E-state index contributed by atoms with van der Waals surface area (Å²) in [5.74, 6) is 0.0983. The van der Waals surface area contributed by atoms with Crippen molar-refractivity contribution in [1.29, 1.82) is 0 Å². The van der Waals surface area contributed by atoms with Crippen molar-refractivity contribution in [2.24, 2.45) is 0 Å². The lowest BCUT2D eigenvalue weighted by atomic mass is 10.1. The lowest BCUT2D eigenvalue weighted by Gasteiger charge is -2.21. The molecular weight excluding hydrogens is 174 g/mol. The molecule has 0 aliphatic rings. The third kappa shape index (κ3) is 2.13. The summed E-state index contributed by atoms with van der Waals surface area (Å²) in [7, 11) is 0. The molecule has 2 nitrogen and oxygen atoms in total. The Hall–Kier alpha value is -1.31. The minimum Gasteiger partial charge on any atom is -0.313 e. The number of anilines is 1. The number of carbonyl (C=O) groups excluding carboxylic acids is 1. The van der Waals surface area contributed by atoms with Crippen molar-refractivity contribution in [3.05, 3.63) is 29.3 Å². The van der Waals surface area contributed by atoms with Crippen LogP contribution in [-0.2, 0) is 4.79 Å². The van der Waals surface area contributed by atoms with Gasteiger partial charge < -0.3 is 4.90 Å². The van der Waals surface area contributed by atoms with Gasteiger partial charge in [0.2, 0.25) is 5.91 Å². The molecule has 1 aromatic carbocycles. The van der Waals surface area contributed by atoms with E-state index in [0.717, 1.165) is 17.8 Å². The van der Waals surface area contributed by atoms with Gasteiger partial charge in [-0.05, 0) is 38.0 Å². The molecule has 0 unspecified atom stereocenters. The normalized spacial score (nSPS) is 10.0. The fourth-order valence-electron chi connectivity index (χ4n) is 1.57. The van der Waals surface area contributed by atoms with Crippen LogP contribution in [0.15, 0.2) is 18.2 Å². The standard InChI is InChI=1S/C12H17NO/c1-5-13(11(4)14)12-8-9(2)6-7-10(12)3/h6-8H,5H2,1-4H3. The fraction of sp³-hybridized carbons (Fsp3) is 0.417. The smallest absolute Gasteiger partial charge is 0.223 e. The minimum atomic E-state index is 0.0983. The second-order valence-electron chi connectivity index (χ2n) is 3.55. The van der Waals surface area contributed by atoms with Gasteiger partial charge in [-0.3, -0.25) is 4.79 Å². The van der Waals surface area contributed by atoms with Crippen LogP contribution in [-0.4, -0.2) is 12.5 Å². The summed E-state index contributed by atoms with van der Waals surface area (Å²) in [6.45, 7) is 8.38. The molecule has 0 aliphatic heterocycles. The van der Waals surface area contributed by atoms with E-state index >= 15 is 0 Å². The molecule has 0 bridgehead atoms. The van der Waals surface area contributed by atoms with Crippen molar-refractivity contribution < 1.29 is 4.79 Å². The molecule has 14 heavy (non-hydrogen) atoms. The molecule has 0 atom stereocenters. The van der Waals surface area contributed by atoms with E-state index in [1.165, 1.54) is 5.56 Å². The number of aryl methyl sites for hydroxylation is 2. The summed E-state index contributed by atoms with van der Waals surface area (Å²) in [5, 5.41) is 0. The molecule has 0 heterocycles. The third-order valence-electron chi connectivity index (χ3n) is 2.35. The summed E-state index contributed by atoms with van der Waals surface area (Å²) in [5.41, 5.74) is 3.36. The van der Waals surface area contributed by atoms with E-state index < -0.39 is 0 Å². The number of carbonyl (C=O) groups is 1. The summed E-state index contributed by atoms with van der Waals surface area (Å²) >= 11 is 0. The van der Waals surface area contributed by atoms with Gasteiger partial charge in [0, 0.05) is 19.2 Å². The maximum atomic E-state index is 11.4. The van der Waals surface area contributed by atoms with E-state index in [4.69, 9.17) is 0 Å². The predicted octanol–water partition coefficient (Wildman–Crippen LogP) is 2.68. The molecule has 1 aromatic rings. The van der Waals surface area contributed by atoms with Crippen molar-refractivity contribution in [1.82, 2.24) is 0 Å². The van der Waals surface area contributed by atoms with Crippen molar-refractivity contribution in [2.75, 3.05) is 11.4 Å². The number of amides is 1. The largest absolute Gasteiger partial charge is 0.313 e. The van der Waals surface area contributed by atoms with Crippen LogP contribution < -0.4 is 4.90 Å². The number of hydrogen-bond donors (Lipinski definition) is 0. The van der Waals surface area contributed by atoms with Gasteiger partial charge in [0.25, 0.3) is 0 Å². The van der Waals surface area contributed by atoms with Gasteiger partial charge in [0.15, 0.2) is 0 Å². The molecule has 0 saturated carbocycles. The molecule has 1 rings (SSSR count). The summed E-state index contributed by atoms with van der Waals surface area (Å²) in [6.07, 6.45) is 0. The lowest BCUT2D eigenvalue weighted by molar-refractivity contribution is -0.116. The number of benzene rings is 1. The predicted molar refractivity (Wildman–Crippen MR) is 59.6 cm³/mol. The summed E-state index contributed by atoms with van der Waals surface area (Å²) in [4.78, 5) is 13.2. The number of hydrogen-bond acceptors (Lipinski definition) is 1. The van der Waals surface area contributed by atoms with Gasteiger partial charge in [-0.25, -0.2) is 0 Å². The van der Waals surface area contributed by atoms with Gasteiger partial charge in [-0.2, -0.15) is 0 Å². The Morgan fingerprint density at radius 2 is 2.00 bits per heavy atom. The van der Waals surface area contributed by atoms with Crippen LogP contribution in [0.1, 0.15) is 25.0 Å². The molecule has 0 N–H and O–H groups in total. The van der Waals surface area contributed by atoms with Crippen molar-refractivity contribution in [3.8, 4) is 0 Å². The highest BCUT2D eigenvalue weighted by Crippen LogP contribution is 2.21. The Kier molecular flexibility index (Phi) is 3.28.